The molecular weight excluding hydrogens is 731 g/mol. The van der Waals surface area contributed by atoms with Gasteiger partial charge in [-0.2, -0.15) is 0 Å². The Balaban J connectivity index is 1.53. The topological polar surface area (TPSA) is 54.5 Å². The minimum atomic E-state index is -3.62. The number of hydrogen-bond acceptors (Lipinski definition) is 4. The molecule has 0 aromatic heterocycles. The van der Waals surface area contributed by atoms with Gasteiger partial charge in [-0.3, -0.25) is 0 Å². The maximum Gasteiger partial charge on any atom is 0.175 e. The summed E-state index contributed by atoms with van der Waals surface area (Å²) >= 11 is 0. The lowest BCUT2D eigenvalue weighted by molar-refractivity contribution is 0.592. The molecule has 3 aliphatic rings. The molecule has 0 unspecified atom stereocenters. The van der Waals surface area contributed by atoms with Gasteiger partial charge in [0.05, 0.1) is 17.1 Å². The van der Waals surface area contributed by atoms with E-state index in [0.717, 1.165) is 139 Å². The maximum atomic E-state index is 16.9. The average molecular weight is 780 g/mol. The van der Waals surface area contributed by atoms with Crippen LogP contribution in [0.3, 0.4) is 0 Å². The van der Waals surface area contributed by atoms with E-state index in [9.17, 15) is 0 Å². The normalized spacial score (nSPS) is 21.3. The molecule has 0 saturated carbocycles. The molecule has 0 saturated heterocycles. The van der Waals surface area contributed by atoms with E-state index in [-0.39, 0.29) is 0 Å². The SMILES string of the molecule is CCCCc1cc2c3c(c1)P(=O)(c1ccccc1)c1cc(CCCC)cc4c1N3c1c(cc(CCCC)cc1P4(=O)c1ccccc1)P2(=O)c1ccccc1. The van der Waals surface area contributed by atoms with E-state index in [1.807, 2.05) is 91.0 Å². The van der Waals surface area contributed by atoms with Crippen LogP contribution < -0.4 is 52.6 Å². The van der Waals surface area contributed by atoms with Crippen LogP contribution in [0.4, 0.5) is 17.1 Å². The van der Waals surface area contributed by atoms with Gasteiger partial charge in [-0.15, -0.1) is 0 Å². The molecule has 0 amide bonds. The number of rotatable bonds is 12. The molecule has 0 fully saturated rings. The predicted octanol–water partition coefficient (Wildman–Crippen LogP) is 9.04. The lowest BCUT2D eigenvalue weighted by Crippen LogP contribution is -2.53. The van der Waals surface area contributed by atoms with Crippen LogP contribution in [0.25, 0.3) is 0 Å². The summed E-state index contributed by atoms with van der Waals surface area (Å²) in [6.07, 6.45) is 8.35. The van der Waals surface area contributed by atoms with Crippen molar-refractivity contribution in [2.45, 2.75) is 78.6 Å². The van der Waals surface area contributed by atoms with Crippen LogP contribution in [0, 0.1) is 0 Å². The highest BCUT2D eigenvalue weighted by Crippen LogP contribution is 2.65. The Morgan fingerprint density at radius 3 is 0.836 bits per heavy atom. The maximum absolute atomic E-state index is 16.9. The largest absolute Gasteiger partial charge is 0.308 e. The first-order valence-electron chi connectivity index (χ1n) is 20.1. The summed E-state index contributed by atoms with van der Waals surface area (Å²) in [6, 6.07) is 42.7. The molecule has 0 spiro atoms. The van der Waals surface area contributed by atoms with Gasteiger partial charge in [0, 0.05) is 47.7 Å². The van der Waals surface area contributed by atoms with Crippen LogP contribution in [0.15, 0.2) is 127 Å². The number of hydrogen-bond donors (Lipinski definition) is 0. The summed E-state index contributed by atoms with van der Waals surface area (Å²) in [7, 11) is -10.9. The van der Waals surface area contributed by atoms with Gasteiger partial charge in [-0.25, -0.2) is 0 Å². The first kappa shape index (κ1) is 36.4. The van der Waals surface area contributed by atoms with Crippen molar-refractivity contribution in [3.8, 4) is 0 Å². The first-order chi connectivity index (χ1) is 26.8. The van der Waals surface area contributed by atoms with E-state index in [4.69, 9.17) is 0 Å². The van der Waals surface area contributed by atoms with Crippen molar-refractivity contribution >= 4 is 86.2 Å². The van der Waals surface area contributed by atoms with Gasteiger partial charge in [0.2, 0.25) is 0 Å². The van der Waals surface area contributed by atoms with Crippen molar-refractivity contribution in [2.75, 3.05) is 4.90 Å². The van der Waals surface area contributed by atoms with Gasteiger partial charge in [0.1, 0.15) is 0 Å². The van der Waals surface area contributed by atoms with Crippen molar-refractivity contribution in [2.24, 2.45) is 0 Å². The van der Waals surface area contributed by atoms with Crippen molar-refractivity contribution in [1.82, 2.24) is 0 Å². The molecule has 3 aliphatic heterocycles. The summed E-state index contributed by atoms with van der Waals surface area (Å²) in [5.74, 6) is 0. The lowest BCUT2D eigenvalue weighted by Gasteiger charge is -2.49. The zero-order valence-electron chi connectivity index (χ0n) is 32.0. The van der Waals surface area contributed by atoms with Crippen LogP contribution in [0.5, 0.6) is 0 Å². The molecule has 3 heterocycles. The second-order valence-corrected chi connectivity index (χ2v) is 23.5. The molecule has 0 atom stereocenters. The second kappa shape index (κ2) is 14.1. The first-order valence-corrected chi connectivity index (χ1v) is 25.2. The Hall–Kier alpha value is -4.19. The van der Waals surface area contributed by atoms with Crippen LogP contribution >= 0.6 is 21.4 Å². The zero-order valence-corrected chi connectivity index (χ0v) is 34.7. The molecule has 4 nitrogen and oxygen atoms in total. The fourth-order valence-electron chi connectivity index (χ4n) is 9.16. The van der Waals surface area contributed by atoms with Crippen molar-refractivity contribution in [1.29, 1.82) is 0 Å². The highest BCUT2D eigenvalue weighted by atomic mass is 31.2. The van der Waals surface area contributed by atoms with E-state index in [2.05, 4.69) is 62.1 Å². The fourth-order valence-corrected chi connectivity index (χ4v) is 18.8. The molecule has 278 valence electrons. The van der Waals surface area contributed by atoms with Crippen LogP contribution in [-0.4, -0.2) is 0 Å². The van der Waals surface area contributed by atoms with Gasteiger partial charge >= 0.3 is 0 Å². The lowest BCUT2D eigenvalue weighted by atomic mass is 10.0. The number of aryl methyl sites for hydroxylation is 3. The Kier molecular flexibility index (Phi) is 9.33. The van der Waals surface area contributed by atoms with Crippen LogP contribution in [0.1, 0.15) is 76.0 Å². The smallest absolute Gasteiger partial charge is 0.175 e. The average Bonchev–Trinajstić information content (AvgIpc) is 3.23. The highest BCUT2D eigenvalue weighted by Gasteiger charge is 2.56. The van der Waals surface area contributed by atoms with E-state index in [1.54, 1.807) is 0 Å². The monoisotopic (exact) mass is 779 g/mol. The van der Waals surface area contributed by atoms with Crippen molar-refractivity contribution in [3.05, 3.63) is 144 Å². The Morgan fingerprint density at radius 1 is 0.382 bits per heavy atom. The fraction of sp³-hybridized carbons (Fsp3) is 0.250. The number of unbranched alkanes of at least 4 members (excludes halogenated alkanes) is 3. The van der Waals surface area contributed by atoms with Gasteiger partial charge in [-0.05, 0) is 91.6 Å². The van der Waals surface area contributed by atoms with Crippen LogP contribution in [-0.2, 0) is 33.0 Å². The van der Waals surface area contributed by atoms with E-state index < -0.39 is 21.4 Å². The summed E-state index contributed by atoms with van der Waals surface area (Å²) in [5.41, 5.74) is 5.45. The van der Waals surface area contributed by atoms with E-state index in [0.29, 0.717) is 0 Å². The Morgan fingerprint density at radius 2 is 0.618 bits per heavy atom. The number of anilines is 3. The molecule has 0 aliphatic carbocycles. The van der Waals surface area contributed by atoms with Gasteiger partial charge < -0.3 is 18.6 Å². The second-order valence-electron chi connectivity index (χ2n) is 15.4. The van der Waals surface area contributed by atoms with Crippen LogP contribution in [0.2, 0.25) is 0 Å². The summed E-state index contributed by atoms with van der Waals surface area (Å²) < 4.78 is 50.7. The van der Waals surface area contributed by atoms with Gasteiger partial charge in [0.15, 0.2) is 21.4 Å². The van der Waals surface area contributed by atoms with Gasteiger partial charge in [0.25, 0.3) is 0 Å². The minimum Gasteiger partial charge on any atom is -0.308 e. The highest BCUT2D eigenvalue weighted by molar-refractivity contribution is 7.89. The quantitative estimate of drug-likeness (QED) is 0.116. The standard InChI is InChI=1S/C48H48NO3P3/c1-4-7-19-34-28-40-46-41(29-34)54(51,38-24-15-11-16-25-38)43-31-36(21-9-6-3)33-45-48(43)49(46)47-42(53(40,50)37-22-13-10-14-23-37)30-35(20-8-5-2)32-44(47)55(45,52)39-26-17-12-18-27-39/h10-18,22-33H,4-9,19-21H2,1-3H3. The molecule has 9 rings (SSSR count). The van der Waals surface area contributed by atoms with Crippen molar-refractivity contribution < 1.29 is 13.7 Å². The molecule has 0 radical (unpaired) electrons. The third kappa shape index (κ3) is 5.36. The molecule has 0 bridgehead atoms. The summed E-state index contributed by atoms with van der Waals surface area (Å²) in [4.78, 5) is 2.27. The molecule has 55 heavy (non-hydrogen) atoms. The number of nitrogens with zero attached hydrogens (tertiary/aromatic N) is 1. The summed E-state index contributed by atoms with van der Waals surface area (Å²) in [6.45, 7) is 6.57. The third-order valence-corrected chi connectivity index (χ3v) is 21.1. The van der Waals surface area contributed by atoms with Crippen molar-refractivity contribution in [3.63, 3.8) is 0 Å². The zero-order chi connectivity index (χ0) is 38.0. The van der Waals surface area contributed by atoms with Gasteiger partial charge in [-0.1, -0.05) is 131 Å². The summed E-state index contributed by atoms with van der Waals surface area (Å²) in [5, 5.41) is 6.70. The predicted molar refractivity (Wildman–Crippen MR) is 236 cm³/mol. The minimum absolute atomic E-state index is 0.743. The molecule has 6 aromatic carbocycles. The molecular formula is C48H48NO3P3. The van der Waals surface area contributed by atoms with E-state index >= 15 is 13.7 Å². The molecule has 6 aromatic rings. The Labute approximate surface area is 326 Å². The van der Waals surface area contributed by atoms with E-state index in [1.165, 1.54) is 0 Å². The number of benzene rings is 6. The third-order valence-electron chi connectivity index (χ3n) is 11.9. The Bertz CT molecular complexity index is 2230. The molecule has 7 heteroatoms. The molecule has 0 N–H and O–H groups in total.